The molecule has 0 aliphatic rings. The number of carbonyl (C=O) groups excluding carboxylic acids is 3. The Hall–Kier alpha value is -6.24. The molecule has 6 aromatic rings. The van der Waals surface area contributed by atoms with Gasteiger partial charge < -0.3 is 20.5 Å². The van der Waals surface area contributed by atoms with Crippen molar-refractivity contribution in [2.75, 3.05) is 5.32 Å². The number of rotatable bonds is 15. The minimum atomic E-state index is -3.48. The van der Waals surface area contributed by atoms with Crippen molar-refractivity contribution in [1.82, 2.24) is 10.6 Å². The molecule has 260 valence electrons. The standard InChI is InChI=1S/C43H38N3O5P/c47-32-44-40(30-31-41(48)46-43(33-16-6-1-7-17-33,34-18-8-2-9-19-34)35-20-10-3-11-21-35)42(49)45-36-26-28-37(29-27-36)51-52(50,38-22-12-4-13-23-38)39-24-14-5-15-25-39/h1-29,32,40H,30-31H2,(H,44,47)(H,45,49)(H,46,48). The molecule has 0 aliphatic heterocycles. The van der Waals surface area contributed by atoms with E-state index in [2.05, 4.69) is 16.0 Å². The van der Waals surface area contributed by atoms with Crippen molar-refractivity contribution < 1.29 is 23.5 Å². The van der Waals surface area contributed by atoms with E-state index in [1.807, 2.05) is 127 Å². The topological polar surface area (TPSA) is 114 Å². The van der Waals surface area contributed by atoms with E-state index in [1.54, 1.807) is 48.5 Å². The summed E-state index contributed by atoms with van der Waals surface area (Å²) >= 11 is 0. The van der Waals surface area contributed by atoms with Crippen LogP contribution in [0.1, 0.15) is 29.5 Å². The average Bonchev–Trinajstić information content (AvgIpc) is 3.21. The number of benzene rings is 6. The van der Waals surface area contributed by atoms with Gasteiger partial charge in [-0.15, -0.1) is 0 Å². The fourth-order valence-corrected chi connectivity index (χ4v) is 8.24. The molecule has 0 saturated heterocycles. The number of anilines is 1. The fourth-order valence-electron chi connectivity index (χ4n) is 6.18. The highest BCUT2D eigenvalue weighted by Gasteiger charge is 2.38. The highest BCUT2D eigenvalue weighted by atomic mass is 31.2. The van der Waals surface area contributed by atoms with Crippen molar-refractivity contribution in [3.8, 4) is 5.75 Å². The van der Waals surface area contributed by atoms with Crippen LogP contribution in [0, 0.1) is 0 Å². The Kier molecular flexibility index (Phi) is 11.4. The molecule has 52 heavy (non-hydrogen) atoms. The third kappa shape index (κ3) is 8.04. The fraction of sp³-hybridized carbons (Fsp3) is 0.0930. The van der Waals surface area contributed by atoms with E-state index >= 15 is 0 Å². The van der Waals surface area contributed by atoms with Crippen LogP contribution in [0.15, 0.2) is 176 Å². The number of amides is 3. The molecule has 8 nitrogen and oxygen atoms in total. The molecule has 0 spiro atoms. The Labute approximate surface area is 303 Å². The first kappa shape index (κ1) is 35.6. The average molecular weight is 708 g/mol. The highest BCUT2D eigenvalue weighted by molar-refractivity contribution is 7.74. The molecule has 3 N–H and O–H groups in total. The van der Waals surface area contributed by atoms with Crippen molar-refractivity contribution in [2.45, 2.75) is 24.4 Å². The second-order valence-corrected chi connectivity index (χ2v) is 14.4. The number of nitrogens with one attached hydrogen (secondary N) is 3. The summed E-state index contributed by atoms with van der Waals surface area (Å²) in [6.07, 6.45) is 0.448. The second-order valence-electron chi connectivity index (χ2n) is 12.1. The summed E-state index contributed by atoms with van der Waals surface area (Å²) in [6, 6.07) is 52.8. The first-order valence-electron chi connectivity index (χ1n) is 16.9. The van der Waals surface area contributed by atoms with Gasteiger partial charge in [0.15, 0.2) is 0 Å². The predicted molar refractivity (Wildman–Crippen MR) is 205 cm³/mol. The Morgan fingerprint density at radius 1 is 0.615 bits per heavy atom. The van der Waals surface area contributed by atoms with Crippen LogP contribution < -0.4 is 31.1 Å². The van der Waals surface area contributed by atoms with Gasteiger partial charge in [0.2, 0.25) is 18.2 Å². The van der Waals surface area contributed by atoms with Crippen molar-refractivity contribution in [3.05, 3.63) is 193 Å². The zero-order valence-electron chi connectivity index (χ0n) is 28.3. The van der Waals surface area contributed by atoms with E-state index in [-0.39, 0.29) is 18.7 Å². The Balaban J connectivity index is 1.16. The van der Waals surface area contributed by atoms with Crippen molar-refractivity contribution in [1.29, 1.82) is 0 Å². The summed E-state index contributed by atoms with van der Waals surface area (Å²) in [6.45, 7) is 0. The molecule has 0 bridgehead atoms. The number of hydrogen-bond donors (Lipinski definition) is 3. The highest BCUT2D eigenvalue weighted by Crippen LogP contribution is 2.45. The molecule has 6 rings (SSSR count). The lowest BCUT2D eigenvalue weighted by molar-refractivity contribution is -0.124. The quantitative estimate of drug-likeness (QED) is 0.0609. The van der Waals surface area contributed by atoms with E-state index in [0.717, 1.165) is 16.7 Å². The van der Waals surface area contributed by atoms with Crippen LogP contribution in [-0.4, -0.2) is 24.3 Å². The first-order chi connectivity index (χ1) is 25.4. The monoisotopic (exact) mass is 707 g/mol. The second kappa shape index (κ2) is 16.6. The van der Waals surface area contributed by atoms with Crippen LogP contribution in [-0.2, 0) is 24.5 Å². The number of carbonyl (C=O) groups is 3. The summed E-state index contributed by atoms with van der Waals surface area (Å²) in [4.78, 5) is 38.8. The lowest BCUT2D eigenvalue weighted by Gasteiger charge is -2.37. The molecule has 1 unspecified atom stereocenters. The maximum atomic E-state index is 14.3. The molecule has 1 atom stereocenters. The summed E-state index contributed by atoms with van der Waals surface area (Å²) in [5, 5.41) is 9.77. The lowest BCUT2D eigenvalue weighted by Crippen LogP contribution is -2.48. The summed E-state index contributed by atoms with van der Waals surface area (Å²) in [5.74, 6) is -0.440. The van der Waals surface area contributed by atoms with Crippen LogP contribution in [0.3, 0.4) is 0 Å². The largest absolute Gasteiger partial charge is 0.437 e. The predicted octanol–water partition coefficient (Wildman–Crippen LogP) is 6.94. The molecular formula is C43H38N3O5P. The van der Waals surface area contributed by atoms with E-state index in [4.69, 9.17) is 4.52 Å². The summed E-state index contributed by atoms with van der Waals surface area (Å²) in [5.41, 5.74) is 2.04. The summed E-state index contributed by atoms with van der Waals surface area (Å²) < 4.78 is 20.5. The van der Waals surface area contributed by atoms with Crippen LogP contribution in [0.5, 0.6) is 5.75 Å². The molecule has 0 heterocycles. The normalized spacial score (nSPS) is 11.8. The van der Waals surface area contributed by atoms with Gasteiger partial charge >= 0.3 is 7.37 Å². The minimum absolute atomic E-state index is 0.0450. The van der Waals surface area contributed by atoms with Gasteiger partial charge in [-0.3, -0.25) is 18.9 Å². The SMILES string of the molecule is O=CNC(CCC(=O)NC(c1ccccc1)(c1ccccc1)c1ccccc1)C(=O)Nc1ccc(OP(=O)(c2ccccc2)c2ccccc2)cc1. The van der Waals surface area contributed by atoms with Gasteiger partial charge in [-0.05, 0) is 71.6 Å². The van der Waals surface area contributed by atoms with Crippen LogP contribution in [0.2, 0.25) is 0 Å². The van der Waals surface area contributed by atoms with Gasteiger partial charge in [-0.2, -0.15) is 0 Å². The molecule has 0 aromatic heterocycles. The Morgan fingerprint density at radius 2 is 1.04 bits per heavy atom. The van der Waals surface area contributed by atoms with E-state index in [9.17, 15) is 18.9 Å². The molecule has 0 aliphatic carbocycles. The maximum Gasteiger partial charge on any atom is 0.306 e. The minimum Gasteiger partial charge on any atom is -0.437 e. The van der Waals surface area contributed by atoms with E-state index in [1.165, 1.54) is 0 Å². The van der Waals surface area contributed by atoms with Crippen molar-refractivity contribution >= 4 is 41.9 Å². The van der Waals surface area contributed by atoms with E-state index in [0.29, 0.717) is 28.5 Å². The zero-order valence-corrected chi connectivity index (χ0v) is 29.2. The molecular weight excluding hydrogens is 669 g/mol. The van der Waals surface area contributed by atoms with Gasteiger partial charge in [0.25, 0.3) is 0 Å². The molecule has 0 radical (unpaired) electrons. The van der Waals surface area contributed by atoms with Gasteiger partial charge in [0.05, 0.1) is 10.6 Å². The van der Waals surface area contributed by atoms with Gasteiger partial charge in [-0.1, -0.05) is 127 Å². The molecule has 3 amide bonds. The third-order valence-corrected chi connectivity index (χ3v) is 11.2. The van der Waals surface area contributed by atoms with E-state index < -0.39 is 24.9 Å². The Morgan fingerprint density at radius 3 is 1.46 bits per heavy atom. The van der Waals surface area contributed by atoms with Crippen LogP contribution in [0.25, 0.3) is 0 Å². The zero-order chi connectivity index (χ0) is 36.2. The van der Waals surface area contributed by atoms with Crippen LogP contribution >= 0.6 is 7.37 Å². The maximum absolute atomic E-state index is 14.3. The molecule has 0 fully saturated rings. The van der Waals surface area contributed by atoms with Crippen molar-refractivity contribution in [2.24, 2.45) is 0 Å². The molecule has 9 heteroatoms. The van der Waals surface area contributed by atoms with Gasteiger partial charge in [0, 0.05) is 12.1 Å². The molecule has 0 saturated carbocycles. The third-order valence-electron chi connectivity index (χ3n) is 8.74. The van der Waals surface area contributed by atoms with Gasteiger partial charge in [-0.25, -0.2) is 0 Å². The Bertz CT molecular complexity index is 1980. The number of hydrogen-bond acceptors (Lipinski definition) is 5. The first-order valence-corrected chi connectivity index (χ1v) is 18.5. The smallest absolute Gasteiger partial charge is 0.306 e. The van der Waals surface area contributed by atoms with Crippen molar-refractivity contribution in [3.63, 3.8) is 0 Å². The molecule has 6 aromatic carbocycles. The van der Waals surface area contributed by atoms with Crippen LogP contribution in [0.4, 0.5) is 5.69 Å². The lowest BCUT2D eigenvalue weighted by atomic mass is 9.77. The summed E-state index contributed by atoms with van der Waals surface area (Å²) in [7, 11) is -3.48. The van der Waals surface area contributed by atoms with Gasteiger partial charge in [0.1, 0.15) is 17.3 Å².